The number of benzene rings is 2. The van der Waals surface area contributed by atoms with Crippen molar-refractivity contribution in [2.45, 2.75) is 10.9 Å². The van der Waals surface area contributed by atoms with E-state index < -0.39 is 0 Å². The Morgan fingerprint density at radius 1 is 0.846 bits per heavy atom. The summed E-state index contributed by atoms with van der Waals surface area (Å²) >= 11 is 7.57. The Labute approximate surface area is 160 Å². The average Bonchev–Trinajstić information content (AvgIpc) is 3.12. The zero-order chi connectivity index (χ0) is 17.8. The quantitative estimate of drug-likeness (QED) is 0.471. The fourth-order valence-electron chi connectivity index (χ4n) is 2.49. The number of aromatic nitrogens is 5. The molecule has 4 aromatic rings. The van der Waals surface area contributed by atoms with Crippen molar-refractivity contribution in [1.82, 2.24) is 24.7 Å². The molecule has 0 radical (unpaired) electrons. The molecule has 2 aromatic carbocycles. The second kappa shape index (κ2) is 7.68. The molecule has 0 aliphatic rings. The van der Waals surface area contributed by atoms with Crippen molar-refractivity contribution in [3.63, 3.8) is 0 Å². The zero-order valence-electron chi connectivity index (χ0n) is 13.7. The van der Waals surface area contributed by atoms with Crippen LogP contribution in [0.3, 0.4) is 0 Å². The predicted molar refractivity (Wildman–Crippen MR) is 103 cm³/mol. The number of rotatable bonds is 5. The molecule has 0 saturated carbocycles. The molecule has 0 unspecified atom stereocenters. The number of para-hydroxylation sites is 1. The van der Waals surface area contributed by atoms with Crippen LogP contribution in [0.2, 0.25) is 5.02 Å². The molecule has 0 fully saturated rings. The SMILES string of the molecule is Clc1ccc(-c2nnc(SCc3ncccn3)n2-c2ccccc2)cc1. The third-order valence-electron chi connectivity index (χ3n) is 3.70. The van der Waals surface area contributed by atoms with E-state index in [1.165, 1.54) is 0 Å². The summed E-state index contributed by atoms with van der Waals surface area (Å²) in [6.45, 7) is 0. The maximum Gasteiger partial charge on any atom is 0.196 e. The van der Waals surface area contributed by atoms with Gasteiger partial charge in [-0.1, -0.05) is 41.6 Å². The maximum absolute atomic E-state index is 6.02. The van der Waals surface area contributed by atoms with E-state index >= 15 is 0 Å². The molecule has 2 aromatic heterocycles. The molecule has 0 bridgehead atoms. The topological polar surface area (TPSA) is 56.5 Å². The van der Waals surface area contributed by atoms with Crippen LogP contribution in [0.5, 0.6) is 0 Å². The van der Waals surface area contributed by atoms with Gasteiger partial charge in [0.15, 0.2) is 11.0 Å². The minimum absolute atomic E-state index is 0.617. The van der Waals surface area contributed by atoms with Crippen LogP contribution in [0.15, 0.2) is 78.2 Å². The zero-order valence-corrected chi connectivity index (χ0v) is 15.2. The Morgan fingerprint density at radius 3 is 2.31 bits per heavy atom. The molecule has 0 saturated heterocycles. The lowest BCUT2D eigenvalue weighted by Gasteiger charge is -2.10. The largest absolute Gasteiger partial charge is 0.270 e. The highest BCUT2D eigenvalue weighted by Gasteiger charge is 2.16. The van der Waals surface area contributed by atoms with Crippen LogP contribution in [0.25, 0.3) is 17.1 Å². The van der Waals surface area contributed by atoms with Crippen molar-refractivity contribution in [2.24, 2.45) is 0 Å². The van der Waals surface area contributed by atoms with Gasteiger partial charge in [0.05, 0.1) is 5.75 Å². The highest BCUT2D eigenvalue weighted by Crippen LogP contribution is 2.29. The lowest BCUT2D eigenvalue weighted by atomic mass is 10.2. The molecular formula is C19H14ClN5S. The van der Waals surface area contributed by atoms with Gasteiger partial charge in [-0.25, -0.2) is 9.97 Å². The fourth-order valence-corrected chi connectivity index (χ4v) is 3.45. The lowest BCUT2D eigenvalue weighted by molar-refractivity contribution is 0.883. The normalized spacial score (nSPS) is 10.8. The third kappa shape index (κ3) is 3.61. The van der Waals surface area contributed by atoms with Crippen molar-refractivity contribution in [1.29, 1.82) is 0 Å². The van der Waals surface area contributed by atoms with E-state index in [0.29, 0.717) is 10.8 Å². The maximum atomic E-state index is 6.02. The smallest absolute Gasteiger partial charge is 0.196 e. The number of hydrogen-bond acceptors (Lipinski definition) is 5. The summed E-state index contributed by atoms with van der Waals surface area (Å²) in [5.74, 6) is 2.14. The van der Waals surface area contributed by atoms with Crippen LogP contribution in [0.1, 0.15) is 5.82 Å². The summed E-state index contributed by atoms with van der Waals surface area (Å²) in [5, 5.41) is 10.3. The molecule has 0 N–H and O–H groups in total. The standard InChI is InChI=1S/C19H14ClN5S/c20-15-9-7-14(8-10-15)18-23-24-19(25(18)16-5-2-1-3-6-16)26-13-17-21-11-4-12-22-17/h1-12H,13H2. The first-order valence-electron chi connectivity index (χ1n) is 7.97. The summed E-state index contributed by atoms with van der Waals surface area (Å²) < 4.78 is 2.04. The third-order valence-corrected chi connectivity index (χ3v) is 4.88. The van der Waals surface area contributed by atoms with Crippen molar-refractivity contribution in [3.8, 4) is 17.1 Å². The number of hydrogen-bond donors (Lipinski definition) is 0. The molecule has 7 heteroatoms. The van der Waals surface area contributed by atoms with E-state index in [1.54, 1.807) is 30.2 Å². The highest BCUT2D eigenvalue weighted by molar-refractivity contribution is 7.98. The number of halogens is 1. The Bertz CT molecular complexity index is 988. The van der Waals surface area contributed by atoms with Crippen molar-refractivity contribution in [2.75, 3.05) is 0 Å². The predicted octanol–water partition coefficient (Wildman–Crippen LogP) is 4.67. The summed E-state index contributed by atoms with van der Waals surface area (Å²) in [6, 6.07) is 19.4. The van der Waals surface area contributed by atoms with Gasteiger partial charge in [0, 0.05) is 28.7 Å². The molecule has 5 nitrogen and oxygen atoms in total. The van der Waals surface area contributed by atoms with Gasteiger partial charge in [-0.3, -0.25) is 4.57 Å². The van der Waals surface area contributed by atoms with Gasteiger partial charge < -0.3 is 0 Å². The Hall–Kier alpha value is -2.70. The first kappa shape index (κ1) is 16.8. The monoisotopic (exact) mass is 379 g/mol. The number of thioether (sulfide) groups is 1. The Balaban J connectivity index is 1.73. The van der Waals surface area contributed by atoms with Gasteiger partial charge in [-0.15, -0.1) is 10.2 Å². The van der Waals surface area contributed by atoms with Crippen LogP contribution < -0.4 is 0 Å². The van der Waals surface area contributed by atoms with Gasteiger partial charge in [0.25, 0.3) is 0 Å². The Morgan fingerprint density at radius 2 is 1.58 bits per heavy atom. The molecule has 0 aliphatic heterocycles. The molecule has 26 heavy (non-hydrogen) atoms. The van der Waals surface area contributed by atoms with Gasteiger partial charge in [0.2, 0.25) is 0 Å². The minimum Gasteiger partial charge on any atom is -0.270 e. The van der Waals surface area contributed by atoms with Gasteiger partial charge in [-0.05, 0) is 42.5 Å². The van der Waals surface area contributed by atoms with E-state index in [1.807, 2.05) is 59.2 Å². The van der Waals surface area contributed by atoms with E-state index in [4.69, 9.17) is 11.6 Å². The van der Waals surface area contributed by atoms with E-state index in [9.17, 15) is 0 Å². The first-order chi connectivity index (χ1) is 12.8. The molecule has 4 rings (SSSR count). The molecule has 128 valence electrons. The van der Waals surface area contributed by atoms with E-state index in [0.717, 1.165) is 28.1 Å². The molecular weight excluding hydrogens is 366 g/mol. The van der Waals surface area contributed by atoms with Crippen LogP contribution in [0, 0.1) is 0 Å². The minimum atomic E-state index is 0.617. The van der Waals surface area contributed by atoms with Crippen molar-refractivity contribution < 1.29 is 0 Å². The highest BCUT2D eigenvalue weighted by atomic mass is 35.5. The summed E-state index contributed by atoms with van der Waals surface area (Å²) in [4.78, 5) is 8.53. The Kier molecular flexibility index (Phi) is 4.95. The van der Waals surface area contributed by atoms with Gasteiger partial charge >= 0.3 is 0 Å². The molecule has 0 amide bonds. The van der Waals surface area contributed by atoms with Crippen LogP contribution in [0.4, 0.5) is 0 Å². The van der Waals surface area contributed by atoms with Gasteiger partial charge in [-0.2, -0.15) is 0 Å². The van der Waals surface area contributed by atoms with Crippen LogP contribution in [-0.2, 0) is 5.75 Å². The summed E-state index contributed by atoms with van der Waals surface area (Å²) in [7, 11) is 0. The second-order valence-electron chi connectivity index (χ2n) is 5.44. The molecule has 0 atom stereocenters. The fraction of sp³-hybridized carbons (Fsp3) is 0.0526. The molecule has 0 spiro atoms. The molecule has 0 aliphatic carbocycles. The molecule has 2 heterocycles. The lowest BCUT2D eigenvalue weighted by Crippen LogP contribution is -2.00. The van der Waals surface area contributed by atoms with Gasteiger partial charge in [0.1, 0.15) is 5.82 Å². The van der Waals surface area contributed by atoms with Crippen LogP contribution in [-0.4, -0.2) is 24.7 Å². The number of nitrogens with zero attached hydrogens (tertiary/aromatic N) is 5. The van der Waals surface area contributed by atoms with Crippen molar-refractivity contribution in [3.05, 3.63) is 83.9 Å². The van der Waals surface area contributed by atoms with Crippen molar-refractivity contribution >= 4 is 23.4 Å². The first-order valence-corrected chi connectivity index (χ1v) is 9.33. The van der Waals surface area contributed by atoms with Crippen LogP contribution >= 0.6 is 23.4 Å². The van der Waals surface area contributed by atoms with E-state index in [-0.39, 0.29) is 0 Å². The summed E-state index contributed by atoms with van der Waals surface area (Å²) in [6.07, 6.45) is 3.48. The van der Waals surface area contributed by atoms with E-state index in [2.05, 4.69) is 20.2 Å². The second-order valence-corrected chi connectivity index (χ2v) is 6.82. The average molecular weight is 380 g/mol. The summed E-state index contributed by atoms with van der Waals surface area (Å²) in [5.41, 5.74) is 1.95.